The summed E-state index contributed by atoms with van der Waals surface area (Å²) in [6.07, 6.45) is 0. The molecule has 1 heterocycles. The Morgan fingerprint density at radius 1 is 1.08 bits per heavy atom. The van der Waals surface area contributed by atoms with E-state index in [1.165, 1.54) is 5.56 Å². The number of urea groups is 1. The Kier molecular flexibility index (Phi) is 5.21. The average Bonchev–Trinajstić information content (AvgIpc) is 3.02. The number of amides is 2. The van der Waals surface area contributed by atoms with Crippen molar-refractivity contribution in [3.05, 3.63) is 47.5 Å². The molecule has 0 bridgehead atoms. The Bertz CT molecular complexity index is 806. The van der Waals surface area contributed by atoms with Gasteiger partial charge in [-0.25, -0.2) is 4.79 Å². The standard InChI is InChI=1S/C20H24N2O4/c1-13-12-22(16-8-6-5-7-15(13)16)20(23)21-11-14-9-10-17(24-2)19(26-4)18(14)25-3/h5-10,13H,11-12H2,1-4H3,(H,21,23). The van der Waals surface area contributed by atoms with Crippen molar-refractivity contribution in [2.75, 3.05) is 32.8 Å². The van der Waals surface area contributed by atoms with E-state index in [1.54, 1.807) is 32.3 Å². The Balaban J connectivity index is 1.77. The number of hydrogen-bond donors (Lipinski definition) is 1. The minimum Gasteiger partial charge on any atom is -0.493 e. The van der Waals surface area contributed by atoms with Gasteiger partial charge >= 0.3 is 6.03 Å². The predicted molar refractivity (Wildman–Crippen MR) is 101 cm³/mol. The van der Waals surface area contributed by atoms with Crippen LogP contribution in [-0.2, 0) is 6.54 Å². The lowest BCUT2D eigenvalue weighted by molar-refractivity contribution is 0.246. The van der Waals surface area contributed by atoms with Gasteiger partial charge in [0.1, 0.15) is 0 Å². The summed E-state index contributed by atoms with van der Waals surface area (Å²) in [5.74, 6) is 1.98. The summed E-state index contributed by atoms with van der Waals surface area (Å²) in [6, 6.07) is 11.6. The van der Waals surface area contributed by atoms with Gasteiger partial charge < -0.3 is 19.5 Å². The zero-order chi connectivity index (χ0) is 18.7. The third-order valence-corrected chi connectivity index (χ3v) is 4.68. The third-order valence-electron chi connectivity index (χ3n) is 4.68. The van der Waals surface area contributed by atoms with Crippen molar-refractivity contribution in [2.45, 2.75) is 19.4 Å². The van der Waals surface area contributed by atoms with E-state index in [9.17, 15) is 4.79 Å². The van der Waals surface area contributed by atoms with Crippen LogP contribution in [0.25, 0.3) is 0 Å². The number of rotatable bonds is 5. The van der Waals surface area contributed by atoms with Gasteiger partial charge in [-0.1, -0.05) is 25.1 Å². The number of carbonyl (C=O) groups is 1. The van der Waals surface area contributed by atoms with Gasteiger partial charge in [0.2, 0.25) is 5.75 Å². The number of nitrogens with zero attached hydrogens (tertiary/aromatic N) is 1. The molecule has 2 amide bonds. The molecule has 0 radical (unpaired) electrons. The molecule has 138 valence electrons. The number of carbonyl (C=O) groups excluding carboxylic acids is 1. The maximum absolute atomic E-state index is 12.7. The van der Waals surface area contributed by atoms with Crippen molar-refractivity contribution in [1.82, 2.24) is 5.32 Å². The molecule has 0 fully saturated rings. The first kappa shape index (κ1) is 17.9. The molecule has 0 spiro atoms. The van der Waals surface area contributed by atoms with E-state index in [1.807, 2.05) is 24.3 Å². The van der Waals surface area contributed by atoms with Crippen molar-refractivity contribution in [3.8, 4) is 17.2 Å². The molecular weight excluding hydrogens is 332 g/mol. The molecule has 0 saturated heterocycles. The topological polar surface area (TPSA) is 60.0 Å². The van der Waals surface area contributed by atoms with Crippen LogP contribution in [0, 0.1) is 0 Å². The molecule has 2 aromatic carbocycles. The molecule has 6 heteroatoms. The second kappa shape index (κ2) is 7.56. The molecule has 6 nitrogen and oxygen atoms in total. The molecule has 0 saturated carbocycles. The number of fused-ring (bicyclic) bond motifs is 1. The van der Waals surface area contributed by atoms with Crippen LogP contribution in [0.3, 0.4) is 0 Å². The first-order valence-corrected chi connectivity index (χ1v) is 8.52. The molecule has 0 aliphatic carbocycles. The fourth-order valence-corrected chi connectivity index (χ4v) is 3.38. The lowest BCUT2D eigenvalue weighted by atomic mass is 10.0. The summed E-state index contributed by atoms with van der Waals surface area (Å²) < 4.78 is 16.2. The lowest BCUT2D eigenvalue weighted by Gasteiger charge is -2.20. The average molecular weight is 356 g/mol. The summed E-state index contributed by atoms with van der Waals surface area (Å²) in [6.45, 7) is 3.13. The normalized spacial score (nSPS) is 15.4. The van der Waals surface area contributed by atoms with Gasteiger partial charge in [-0.05, 0) is 23.8 Å². The van der Waals surface area contributed by atoms with Crippen LogP contribution < -0.4 is 24.4 Å². The highest BCUT2D eigenvalue weighted by atomic mass is 16.5. The van der Waals surface area contributed by atoms with Crippen molar-refractivity contribution < 1.29 is 19.0 Å². The van der Waals surface area contributed by atoms with E-state index >= 15 is 0 Å². The summed E-state index contributed by atoms with van der Waals surface area (Å²) in [7, 11) is 4.71. The first-order chi connectivity index (χ1) is 12.6. The van der Waals surface area contributed by atoms with Crippen molar-refractivity contribution in [2.24, 2.45) is 0 Å². The minimum atomic E-state index is -0.126. The van der Waals surface area contributed by atoms with Gasteiger partial charge in [-0.3, -0.25) is 4.90 Å². The second-order valence-electron chi connectivity index (χ2n) is 6.22. The quantitative estimate of drug-likeness (QED) is 0.890. The molecule has 26 heavy (non-hydrogen) atoms. The van der Waals surface area contributed by atoms with Crippen LogP contribution in [-0.4, -0.2) is 33.9 Å². The van der Waals surface area contributed by atoms with Crippen molar-refractivity contribution in [3.63, 3.8) is 0 Å². The highest BCUT2D eigenvalue weighted by Crippen LogP contribution is 2.40. The Labute approximate surface area is 153 Å². The fourth-order valence-electron chi connectivity index (χ4n) is 3.38. The number of ether oxygens (including phenoxy) is 3. The number of methoxy groups -OCH3 is 3. The van der Waals surface area contributed by atoms with Crippen LogP contribution in [0.5, 0.6) is 17.2 Å². The van der Waals surface area contributed by atoms with E-state index in [-0.39, 0.29) is 6.03 Å². The maximum Gasteiger partial charge on any atom is 0.322 e. The number of hydrogen-bond acceptors (Lipinski definition) is 4. The van der Waals surface area contributed by atoms with Crippen LogP contribution in [0.1, 0.15) is 24.0 Å². The minimum absolute atomic E-state index is 0.126. The summed E-state index contributed by atoms with van der Waals surface area (Å²) in [5.41, 5.74) is 2.99. The van der Waals surface area contributed by atoms with Gasteiger partial charge in [0.15, 0.2) is 11.5 Å². The van der Waals surface area contributed by atoms with Gasteiger partial charge in [-0.15, -0.1) is 0 Å². The van der Waals surface area contributed by atoms with Crippen LogP contribution in [0.4, 0.5) is 10.5 Å². The third kappa shape index (κ3) is 3.14. The lowest BCUT2D eigenvalue weighted by Crippen LogP contribution is -2.38. The molecule has 1 unspecified atom stereocenters. The fraction of sp³-hybridized carbons (Fsp3) is 0.350. The molecule has 1 aliphatic heterocycles. The van der Waals surface area contributed by atoms with Gasteiger partial charge in [0.25, 0.3) is 0 Å². The molecule has 1 atom stereocenters. The first-order valence-electron chi connectivity index (χ1n) is 8.52. The summed E-state index contributed by atoms with van der Waals surface area (Å²) in [4.78, 5) is 14.5. The predicted octanol–water partition coefficient (Wildman–Crippen LogP) is 3.55. The maximum atomic E-state index is 12.7. The van der Waals surface area contributed by atoms with E-state index < -0.39 is 0 Å². The Hall–Kier alpha value is -2.89. The second-order valence-corrected chi connectivity index (χ2v) is 6.22. The number of anilines is 1. The van der Waals surface area contributed by atoms with Crippen molar-refractivity contribution in [1.29, 1.82) is 0 Å². The van der Waals surface area contributed by atoms with Crippen LogP contribution in [0.15, 0.2) is 36.4 Å². The number of nitrogens with one attached hydrogen (secondary N) is 1. The Morgan fingerprint density at radius 2 is 1.81 bits per heavy atom. The van der Waals surface area contributed by atoms with E-state index in [0.29, 0.717) is 36.3 Å². The zero-order valence-corrected chi connectivity index (χ0v) is 15.5. The molecule has 2 aromatic rings. The summed E-state index contributed by atoms with van der Waals surface area (Å²) in [5, 5.41) is 2.98. The molecular formula is C20H24N2O4. The van der Waals surface area contributed by atoms with Gasteiger partial charge in [0, 0.05) is 30.3 Å². The SMILES string of the molecule is COc1ccc(CNC(=O)N2CC(C)c3ccccc32)c(OC)c1OC. The zero-order valence-electron chi connectivity index (χ0n) is 15.5. The van der Waals surface area contributed by atoms with Crippen molar-refractivity contribution >= 4 is 11.7 Å². The molecule has 0 aromatic heterocycles. The van der Waals surface area contributed by atoms with Crippen LogP contribution >= 0.6 is 0 Å². The largest absolute Gasteiger partial charge is 0.493 e. The van der Waals surface area contributed by atoms with Gasteiger partial charge in [0.05, 0.1) is 21.3 Å². The monoisotopic (exact) mass is 356 g/mol. The summed E-state index contributed by atoms with van der Waals surface area (Å²) >= 11 is 0. The van der Waals surface area contributed by atoms with Crippen LogP contribution in [0.2, 0.25) is 0 Å². The van der Waals surface area contributed by atoms with E-state index in [0.717, 1.165) is 11.3 Å². The van der Waals surface area contributed by atoms with E-state index in [4.69, 9.17) is 14.2 Å². The Morgan fingerprint density at radius 3 is 2.50 bits per heavy atom. The number of benzene rings is 2. The highest BCUT2D eigenvalue weighted by Gasteiger charge is 2.29. The number of para-hydroxylation sites is 1. The smallest absolute Gasteiger partial charge is 0.322 e. The molecule has 3 rings (SSSR count). The molecule has 1 aliphatic rings. The van der Waals surface area contributed by atoms with E-state index in [2.05, 4.69) is 18.3 Å². The molecule has 1 N–H and O–H groups in total. The highest BCUT2D eigenvalue weighted by molar-refractivity contribution is 5.94. The van der Waals surface area contributed by atoms with Gasteiger partial charge in [-0.2, -0.15) is 0 Å².